The first-order valence-electron chi connectivity index (χ1n) is 10.6. The number of ether oxygens (including phenoxy) is 1. The van der Waals surface area contributed by atoms with Crippen LogP contribution in [0.1, 0.15) is 79.3 Å². The van der Waals surface area contributed by atoms with Crippen molar-refractivity contribution in [3.05, 3.63) is 34.9 Å². The summed E-state index contributed by atoms with van der Waals surface area (Å²) >= 11 is 0. The Labute approximate surface area is 169 Å². The minimum absolute atomic E-state index is 0.0481. The number of hydrogen-bond acceptors (Lipinski definition) is 3. The number of halogens is 3. The van der Waals surface area contributed by atoms with Gasteiger partial charge in [-0.25, -0.2) is 0 Å². The van der Waals surface area contributed by atoms with Gasteiger partial charge in [0, 0.05) is 23.8 Å². The standard InChI is InChI=1S/C22H29F3N2O2/c1-21(9-2-3-10-21)27-18-8-11-29-13-19(18)26-20(28)16-7-6-15(22(23,24)25)12-17(16)14-4-5-14/h6-7,12,14,18-19,27H,2-5,8-11,13H2,1H3,(H,26,28)/t18-,19+/m1/s1. The lowest BCUT2D eigenvalue weighted by molar-refractivity contribution is -0.137. The molecule has 4 nitrogen and oxygen atoms in total. The highest BCUT2D eigenvalue weighted by molar-refractivity contribution is 5.96. The largest absolute Gasteiger partial charge is 0.416 e. The van der Waals surface area contributed by atoms with Gasteiger partial charge in [-0.15, -0.1) is 0 Å². The minimum atomic E-state index is -4.40. The lowest BCUT2D eigenvalue weighted by Crippen LogP contribution is -2.60. The van der Waals surface area contributed by atoms with E-state index in [4.69, 9.17) is 4.74 Å². The van der Waals surface area contributed by atoms with Crippen LogP contribution in [-0.2, 0) is 10.9 Å². The van der Waals surface area contributed by atoms with Crippen molar-refractivity contribution in [3.63, 3.8) is 0 Å². The zero-order chi connectivity index (χ0) is 20.6. The van der Waals surface area contributed by atoms with Crippen LogP contribution in [0, 0.1) is 0 Å². The van der Waals surface area contributed by atoms with Crippen LogP contribution in [0.4, 0.5) is 13.2 Å². The fraction of sp³-hybridized carbons (Fsp3) is 0.682. The highest BCUT2D eigenvalue weighted by Gasteiger charge is 2.38. The SMILES string of the molecule is CC1(N[C@@H]2CCOC[C@@H]2NC(=O)c2ccc(C(F)(F)F)cc2C2CC2)CCCC1. The fourth-order valence-corrected chi connectivity index (χ4v) is 4.72. The molecule has 160 valence electrons. The number of hydrogen-bond donors (Lipinski definition) is 2. The molecule has 0 unspecified atom stereocenters. The van der Waals surface area contributed by atoms with Crippen LogP contribution < -0.4 is 10.6 Å². The monoisotopic (exact) mass is 410 g/mol. The summed E-state index contributed by atoms with van der Waals surface area (Å²) in [5, 5.41) is 6.79. The number of carbonyl (C=O) groups excluding carboxylic acids is 1. The molecule has 1 aliphatic heterocycles. The molecule has 3 fully saturated rings. The van der Waals surface area contributed by atoms with E-state index in [9.17, 15) is 18.0 Å². The van der Waals surface area contributed by atoms with E-state index in [2.05, 4.69) is 17.6 Å². The fourth-order valence-electron chi connectivity index (χ4n) is 4.72. The topological polar surface area (TPSA) is 50.4 Å². The van der Waals surface area contributed by atoms with Gasteiger partial charge in [-0.2, -0.15) is 13.2 Å². The number of rotatable bonds is 5. The van der Waals surface area contributed by atoms with Gasteiger partial charge in [0.05, 0.1) is 18.2 Å². The molecule has 7 heteroatoms. The van der Waals surface area contributed by atoms with E-state index in [-0.39, 0.29) is 29.4 Å². The molecule has 2 saturated carbocycles. The predicted molar refractivity (Wildman–Crippen MR) is 104 cm³/mol. The van der Waals surface area contributed by atoms with E-state index in [1.807, 2.05) is 0 Å². The van der Waals surface area contributed by atoms with Gasteiger partial charge < -0.3 is 15.4 Å². The van der Waals surface area contributed by atoms with Crippen LogP contribution in [0.5, 0.6) is 0 Å². The molecule has 0 radical (unpaired) electrons. The third-order valence-electron chi connectivity index (χ3n) is 6.55. The average Bonchev–Trinajstić information content (AvgIpc) is 3.43. The second kappa shape index (κ2) is 7.91. The highest BCUT2D eigenvalue weighted by atomic mass is 19.4. The van der Waals surface area contributed by atoms with E-state index in [0.29, 0.717) is 24.3 Å². The molecule has 1 amide bonds. The average molecular weight is 410 g/mol. The molecule has 1 heterocycles. The molecule has 0 aromatic heterocycles. The molecular formula is C22H29F3N2O2. The lowest BCUT2D eigenvalue weighted by atomic mass is 9.94. The maximum Gasteiger partial charge on any atom is 0.416 e. The van der Waals surface area contributed by atoms with Crippen molar-refractivity contribution in [2.75, 3.05) is 13.2 Å². The first-order valence-corrected chi connectivity index (χ1v) is 10.6. The van der Waals surface area contributed by atoms with Crippen molar-refractivity contribution in [3.8, 4) is 0 Å². The van der Waals surface area contributed by atoms with E-state index in [1.54, 1.807) is 0 Å². The third kappa shape index (κ3) is 4.77. The Balaban J connectivity index is 1.50. The van der Waals surface area contributed by atoms with Crippen LogP contribution in [0.15, 0.2) is 18.2 Å². The van der Waals surface area contributed by atoms with Gasteiger partial charge in [0.15, 0.2) is 0 Å². The Morgan fingerprint density at radius 1 is 1.14 bits per heavy atom. The van der Waals surface area contributed by atoms with E-state index >= 15 is 0 Å². The molecule has 1 aromatic carbocycles. The Kier molecular flexibility index (Phi) is 5.64. The summed E-state index contributed by atoms with van der Waals surface area (Å²) in [6.45, 7) is 3.29. The summed E-state index contributed by atoms with van der Waals surface area (Å²) in [4.78, 5) is 13.0. The molecule has 0 spiro atoms. The Bertz CT molecular complexity index is 755. The van der Waals surface area contributed by atoms with Crippen molar-refractivity contribution < 1.29 is 22.7 Å². The highest BCUT2D eigenvalue weighted by Crippen LogP contribution is 2.43. The Morgan fingerprint density at radius 2 is 1.86 bits per heavy atom. The van der Waals surface area contributed by atoms with Crippen molar-refractivity contribution in [1.29, 1.82) is 0 Å². The molecule has 2 atom stereocenters. The maximum atomic E-state index is 13.1. The molecular weight excluding hydrogens is 381 g/mol. The summed E-state index contributed by atoms with van der Waals surface area (Å²) < 4.78 is 44.9. The van der Waals surface area contributed by atoms with Gasteiger partial charge in [0.2, 0.25) is 0 Å². The van der Waals surface area contributed by atoms with Gasteiger partial charge in [-0.05, 0) is 68.7 Å². The molecule has 1 aromatic rings. The molecule has 3 aliphatic rings. The van der Waals surface area contributed by atoms with E-state index in [0.717, 1.165) is 44.2 Å². The second-order valence-corrected chi connectivity index (χ2v) is 9.04. The van der Waals surface area contributed by atoms with Gasteiger partial charge in [-0.1, -0.05) is 12.8 Å². The number of benzene rings is 1. The number of alkyl halides is 3. The number of carbonyl (C=O) groups is 1. The van der Waals surface area contributed by atoms with Crippen molar-refractivity contribution in [2.45, 2.75) is 81.6 Å². The summed E-state index contributed by atoms with van der Waals surface area (Å²) in [7, 11) is 0. The number of amides is 1. The van der Waals surface area contributed by atoms with E-state index < -0.39 is 11.7 Å². The summed E-state index contributed by atoms with van der Waals surface area (Å²) in [6, 6.07) is 3.40. The van der Waals surface area contributed by atoms with Crippen LogP contribution in [0.2, 0.25) is 0 Å². The van der Waals surface area contributed by atoms with Gasteiger partial charge >= 0.3 is 6.18 Å². The molecule has 29 heavy (non-hydrogen) atoms. The second-order valence-electron chi connectivity index (χ2n) is 9.04. The molecule has 1 saturated heterocycles. The zero-order valence-electron chi connectivity index (χ0n) is 16.8. The van der Waals surface area contributed by atoms with Gasteiger partial charge in [-0.3, -0.25) is 4.79 Å². The van der Waals surface area contributed by atoms with Crippen LogP contribution in [0.25, 0.3) is 0 Å². The van der Waals surface area contributed by atoms with Crippen LogP contribution in [-0.4, -0.2) is 36.7 Å². The lowest BCUT2D eigenvalue weighted by Gasteiger charge is -2.39. The Morgan fingerprint density at radius 3 is 2.52 bits per heavy atom. The minimum Gasteiger partial charge on any atom is -0.379 e. The smallest absolute Gasteiger partial charge is 0.379 e. The van der Waals surface area contributed by atoms with Crippen molar-refractivity contribution >= 4 is 5.91 Å². The third-order valence-corrected chi connectivity index (χ3v) is 6.55. The Hall–Kier alpha value is -1.60. The van der Waals surface area contributed by atoms with Gasteiger partial charge in [0.25, 0.3) is 5.91 Å². The molecule has 0 bridgehead atoms. The van der Waals surface area contributed by atoms with Crippen molar-refractivity contribution in [1.82, 2.24) is 10.6 Å². The summed E-state index contributed by atoms with van der Waals surface area (Å²) in [5.41, 5.74) is 0.266. The maximum absolute atomic E-state index is 13.1. The molecule has 4 rings (SSSR count). The quantitative estimate of drug-likeness (QED) is 0.757. The van der Waals surface area contributed by atoms with Crippen molar-refractivity contribution in [2.24, 2.45) is 0 Å². The first kappa shape index (κ1) is 20.7. The van der Waals surface area contributed by atoms with Crippen LogP contribution in [0.3, 0.4) is 0 Å². The van der Waals surface area contributed by atoms with Crippen LogP contribution >= 0.6 is 0 Å². The normalized spacial score (nSPS) is 27.0. The summed E-state index contributed by atoms with van der Waals surface area (Å²) in [6.07, 6.45) is 2.73. The molecule has 2 N–H and O–H groups in total. The first-order chi connectivity index (χ1) is 13.8. The predicted octanol–water partition coefficient (Wildman–Crippen LogP) is 4.39. The van der Waals surface area contributed by atoms with E-state index in [1.165, 1.54) is 18.9 Å². The van der Waals surface area contributed by atoms with Gasteiger partial charge in [0.1, 0.15) is 0 Å². The number of nitrogens with one attached hydrogen (secondary N) is 2. The zero-order valence-corrected chi connectivity index (χ0v) is 16.8. The summed E-state index contributed by atoms with van der Waals surface area (Å²) in [5.74, 6) is -0.258. The molecule has 2 aliphatic carbocycles.